The van der Waals surface area contributed by atoms with E-state index in [0.717, 1.165) is 70.5 Å². The quantitative estimate of drug-likeness (QED) is 0.782. The summed E-state index contributed by atoms with van der Waals surface area (Å²) in [7, 11) is 0. The number of aryl methyl sites for hydroxylation is 2. The molecular formula is C24H34N2O3. The molecule has 0 bridgehead atoms. The lowest BCUT2D eigenvalue weighted by Gasteiger charge is -2.47. The Morgan fingerprint density at radius 3 is 2.72 bits per heavy atom. The van der Waals surface area contributed by atoms with Gasteiger partial charge in [-0.05, 0) is 62.5 Å². The van der Waals surface area contributed by atoms with Crippen LogP contribution in [0.25, 0.3) is 0 Å². The van der Waals surface area contributed by atoms with Gasteiger partial charge in [-0.2, -0.15) is 0 Å². The predicted molar refractivity (Wildman–Crippen MR) is 113 cm³/mol. The summed E-state index contributed by atoms with van der Waals surface area (Å²) in [4.78, 5) is 29.4. The van der Waals surface area contributed by atoms with E-state index in [4.69, 9.17) is 4.74 Å². The molecule has 5 nitrogen and oxygen atoms in total. The Morgan fingerprint density at radius 1 is 1.21 bits per heavy atom. The van der Waals surface area contributed by atoms with Crippen LogP contribution in [0.3, 0.4) is 0 Å². The van der Waals surface area contributed by atoms with Crippen LogP contribution in [0.15, 0.2) is 18.2 Å². The minimum atomic E-state index is 0.183. The van der Waals surface area contributed by atoms with E-state index >= 15 is 0 Å². The fourth-order valence-corrected chi connectivity index (χ4v) is 5.21. The number of ether oxygens (including phenoxy) is 1. The first-order chi connectivity index (χ1) is 13.9. The molecule has 5 heteroatoms. The normalized spacial score (nSPS) is 24.3. The average molecular weight is 399 g/mol. The van der Waals surface area contributed by atoms with Crippen LogP contribution in [0.2, 0.25) is 0 Å². The monoisotopic (exact) mass is 398 g/mol. The van der Waals surface area contributed by atoms with Crippen LogP contribution in [-0.4, -0.2) is 60.5 Å². The number of nitrogens with zero attached hydrogens (tertiary/aromatic N) is 2. The van der Waals surface area contributed by atoms with Crippen molar-refractivity contribution in [1.82, 2.24) is 9.80 Å². The van der Waals surface area contributed by atoms with Gasteiger partial charge in [-0.3, -0.25) is 9.59 Å². The zero-order valence-electron chi connectivity index (χ0n) is 17.9. The Kier molecular flexibility index (Phi) is 5.95. The van der Waals surface area contributed by atoms with Crippen molar-refractivity contribution < 1.29 is 14.3 Å². The number of piperidine rings is 2. The van der Waals surface area contributed by atoms with Gasteiger partial charge in [0, 0.05) is 39.2 Å². The van der Waals surface area contributed by atoms with Gasteiger partial charge in [0.05, 0.1) is 12.5 Å². The van der Waals surface area contributed by atoms with E-state index in [2.05, 4.69) is 32.0 Å². The number of benzene rings is 1. The highest BCUT2D eigenvalue weighted by molar-refractivity contribution is 5.79. The van der Waals surface area contributed by atoms with Crippen LogP contribution in [0.1, 0.15) is 55.2 Å². The minimum Gasteiger partial charge on any atom is -0.376 e. The molecule has 0 aromatic heterocycles. The van der Waals surface area contributed by atoms with Crippen LogP contribution in [-0.2, 0) is 20.7 Å². The Hall–Kier alpha value is -1.88. The van der Waals surface area contributed by atoms with Gasteiger partial charge in [0.25, 0.3) is 0 Å². The van der Waals surface area contributed by atoms with Gasteiger partial charge in [-0.1, -0.05) is 23.8 Å². The summed E-state index contributed by atoms with van der Waals surface area (Å²) < 4.78 is 5.76. The van der Waals surface area contributed by atoms with Crippen molar-refractivity contribution >= 4 is 11.8 Å². The van der Waals surface area contributed by atoms with Crippen molar-refractivity contribution in [3.63, 3.8) is 0 Å². The summed E-state index contributed by atoms with van der Waals surface area (Å²) in [5.41, 5.74) is 3.71. The molecule has 158 valence electrons. The molecule has 0 aliphatic carbocycles. The Morgan fingerprint density at radius 2 is 2.00 bits per heavy atom. The van der Waals surface area contributed by atoms with Gasteiger partial charge >= 0.3 is 0 Å². The minimum absolute atomic E-state index is 0.183. The highest BCUT2D eigenvalue weighted by Gasteiger charge is 2.42. The molecule has 0 N–H and O–H groups in total. The van der Waals surface area contributed by atoms with Gasteiger partial charge in [0.2, 0.25) is 11.8 Å². The summed E-state index contributed by atoms with van der Waals surface area (Å²) >= 11 is 0. The Balaban J connectivity index is 1.33. The second kappa shape index (κ2) is 8.47. The Bertz CT molecular complexity index is 761. The SMILES string of the molecule is Cc1ccc(C)c(CC(=O)N2CCC3(CCC(=O)N(C[C@@H]4CCCO4)C3)CC2)c1. The highest BCUT2D eigenvalue weighted by atomic mass is 16.5. The molecule has 29 heavy (non-hydrogen) atoms. The molecule has 3 aliphatic heterocycles. The predicted octanol–water partition coefficient (Wildman–Crippen LogP) is 3.26. The summed E-state index contributed by atoms with van der Waals surface area (Å²) in [6, 6.07) is 6.33. The number of rotatable bonds is 4. The number of carbonyl (C=O) groups is 2. The molecule has 3 saturated heterocycles. The number of likely N-dealkylation sites (tertiary alicyclic amines) is 2. The van der Waals surface area contributed by atoms with E-state index in [1.165, 1.54) is 11.1 Å². The smallest absolute Gasteiger partial charge is 0.227 e. The van der Waals surface area contributed by atoms with E-state index in [9.17, 15) is 9.59 Å². The van der Waals surface area contributed by atoms with Crippen LogP contribution < -0.4 is 0 Å². The molecule has 0 unspecified atom stereocenters. The lowest BCUT2D eigenvalue weighted by molar-refractivity contribution is -0.143. The van der Waals surface area contributed by atoms with Crippen molar-refractivity contribution in [3.8, 4) is 0 Å². The molecule has 4 rings (SSSR count). The molecule has 0 saturated carbocycles. The second-order valence-electron chi connectivity index (χ2n) is 9.40. The second-order valence-corrected chi connectivity index (χ2v) is 9.40. The van der Waals surface area contributed by atoms with Gasteiger partial charge in [0.1, 0.15) is 0 Å². The molecule has 3 heterocycles. The molecule has 1 aromatic rings. The largest absolute Gasteiger partial charge is 0.376 e. The number of hydrogen-bond donors (Lipinski definition) is 0. The molecule has 3 fully saturated rings. The van der Waals surface area contributed by atoms with Crippen molar-refractivity contribution in [3.05, 3.63) is 34.9 Å². The zero-order valence-corrected chi connectivity index (χ0v) is 17.9. The standard InChI is InChI=1S/C24H34N2O3/c1-18-5-6-19(2)20(14-18)15-23(28)25-11-9-24(10-12-25)8-7-22(27)26(17-24)16-21-4-3-13-29-21/h5-6,14,21H,3-4,7-13,15-17H2,1-2H3/t21-/m0/s1. The van der Waals surface area contributed by atoms with E-state index < -0.39 is 0 Å². The van der Waals surface area contributed by atoms with Gasteiger partial charge in [-0.15, -0.1) is 0 Å². The van der Waals surface area contributed by atoms with E-state index in [1.54, 1.807) is 0 Å². The lowest BCUT2D eigenvalue weighted by atomic mass is 9.72. The maximum atomic E-state index is 12.9. The third-order valence-corrected chi connectivity index (χ3v) is 7.22. The molecule has 1 spiro atoms. The molecule has 3 aliphatic rings. The van der Waals surface area contributed by atoms with Crippen molar-refractivity contribution in [1.29, 1.82) is 0 Å². The lowest BCUT2D eigenvalue weighted by Crippen LogP contribution is -2.53. The van der Waals surface area contributed by atoms with Crippen LogP contribution in [0, 0.1) is 19.3 Å². The maximum Gasteiger partial charge on any atom is 0.227 e. The fourth-order valence-electron chi connectivity index (χ4n) is 5.21. The van der Waals surface area contributed by atoms with Gasteiger partial charge < -0.3 is 14.5 Å². The Labute approximate surface area is 174 Å². The number of carbonyl (C=O) groups excluding carboxylic acids is 2. The van der Waals surface area contributed by atoms with Gasteiger partial charge in [-0.25, -0.2) is 0 Å². The molecule has 1 aromatic carbocycles. The van der Waals surface area contributed by atoms with Crippen LogP contribution in [0.5, 0.6) is 0 Å². The van der Waals surface area contributed by atoms with Crippen molar-refractivity contribution in [2.75, 3.05) is 32.8 Å². The summed E-state index contributed by atoms with van der Waals surface area (Å²) in [5.74, 6) is 0.510. The van der Waals surface area contributed by atoms with E-state index in [1.807, 2.05) is 9.80 Å². The zero-order chi connectivity index (χ0) is 20.4. The van der Waals surface area contributed by atoms with Crippen LogP contribution in [0.4, 0.5) is 0 Å². The summed E-state index contributed by atoms with van der Waals surface area (Å²) in [6.07, 6.45) is 6.49. The van der Waals surface area contributed by atoms with Crippen molar-refractivity contribution in [2.45, 2.75) is 64.9 Å². The number of amides is 2. The van der Waals surface area contributed by atoms with Crippen LogP contribution >= 0.6 is 0 Å². The molecule has 1 atom stereocenters. The highest BCUT2D eigenvalue weighted by Crippen LogP contribution is 2.40. The average Bonchev–Trinajstić information content (AvgIpc) is 3.21. The number of hydrogen-bond acceptors (Lipinski definition) is 3. The first-order valence-corrected chi connectivity index (χ1v) is 11.2. The topological polar surface area (TPSA) is 49.9 Å². The summed E-state index contributed by atoms with van der Waals surface area (Å²) in [5, 5.41) is 0. The first kappa shape index (κ1) is 20.4. The molecule has 0 radical (unpaired) electrons. The third-order valence-electron chi connectivity index (χ3n) is 7.22. The van der Waals surface area contributed by atoms with E-state index in [0.29, 0.717) is 12.8 Å². The summed E-state index contributed by atoms with van der Waals surface area (Å²) in [6.45, 7) is 8.19. The fraction of sp³-hybridized carbons (Fsp3) is 0.667. The third kappa shape index (κ3) is 4.66. The van der Waals surface area contributed by atoms with E-state index in [-0.39, 0.29) is 23.3 Å². The maximum absolute atomic E-state index is 12.9. The molecular weight excluding hydrogens is 364 g/mol. The molecule has 2 amide bonds. The first-order valence-electron chi connectivity index (χ1n) is 11.2. The van der Waals surface area contributed by atoms with Crippen molar-refractivity contribution in [2.24, 2.45) is 5.41 Å². The van der Waals surface area contributed by atoms with Gasteiger partial charge in [0.15, 0.2) is 0 Å².